The zero-order chi connectivity index (χ0) is 11.8. The van der Waals surface area contributed by atoms with Crippen LogP contribution in [-0.2, 0) is 11.2 Å². The molecule has 1 unspecified atom stereocenters. The summed E-state index contributed by atoms with van der Waals surface area (Å²) in [6, 6.07) is 8.17. The molecule has 86 valence electrons. The van der Waals surface area contributed by atoms with Crippen molar-refractivity contribution in [2.75, 3.05) is 0 Å². The van der Waals surface area contributed by atoms with E-state index in [1.807, 2.05) is 38.1 Å². The number of carbonyl (C=O) groups is 1. The first kappa shape index (κ1) is 11.2. The molecular formula is C14H18O2. The Bertz CT molecular complexity index is 390. The smallest absolute Gasteiger partial charge is 0.309 e. The average molecular weight is 218 g/mol. The monoisotopic (exact) mass is 218 g/mol. The Morgan fingerprint density at radius 1 is 1.38 bits per heavy atom. The quantitative estimate of drug-likeness (QED) is 0.843. The van der Waals surface area contributed by atoms with Crippen LogP contribution in [0.4, 0.5) is 0 Å². The van der Waals surface area contributed by atoms with Gasteiger partial charge in [0.15, 0.2) is 0 Å². The largest absolute Gasteiger partial charge is 0.481 e. The van der Waals surface area contributed by atoms with Crippen LogP contribution in [0.3, 0.4) is 0 Å². The fraction of sp³-hybridized carbons (Fsp3) is 0.500. The van der Waals surface area contributed by atoms with E-state index in [-0.39, 0.29) is 0 Å². The van der Waals surface area contributed by atoms with E-state index in [1.54, 1.807) is 0 Å². The molecule has 1 aliphatic rings. The molecule has 1 aromatic carbocycles. The van der Waals surface area contributed by atoms with Crippen molar-refractivity contribution in [1.29, 1.82) is 0 Å². The lowest BCUT2D eigenvalue weighted by molar-refractivity contribution is -0.149. The van der Waals surface area contributed by atoms with Crippen molar-refractivity contribution < 1.29 is 9.90 Å². The topological polar surface area (TPSA) is 37.3 Å². The highest BCUT2D eigenvalue weighted by Gasteiger charge is 2.47. The molecule has 0 saturated heterocycles. The molecule has 1 aromatic rings. The van der Waals surface area contributed by atoms with E-state index < -0.39 is 11.4 Å². The summed E-state index contributed by atoms with van der Waals surface area (Å²) in [5, 5.41) is 9.36. The summed E-state index contributed by atoms with van der Waals surface area (Å²) < 4.78 is 0. The van der Waals surface area contributed by atoms with Crippen LogP contribution in [-0.4, -0.2) is 11.1 Å². The van der Waals surface area contributed by atoms with Crippen LogP contribution in [0.15, 0.2) is 24.3 Å². The zero-order valence-electron chi connectivity index (χ0n) is 9.86. The minimum absolute atomic E-state index is 0.367. The molecule has 0 radical (unpaired) electrons. The molecule has 1 saturated carbocycles. The summed E-state index contributed by atoms with van der Waals surface area (Å²) in [6.07, 6.45) is 2.77. The third-order valence-electron chi connectivity index (χ3n) is 3.66. The molecule has 2 nitrogen and oxygen atoms in total. The van der Waals surface area contributed by atoms with Gasteiger partial charge in [0.2, 0.25) is 0 Å². The molecule has 2 heteroatoms. The Balaban J connectivity index is 2.17. The number of hydrogen-bond acceptors (Lipinski definition) is 1. The second kappa shape index (κ2) is 3.93. The number of benzene rings is 1. The van der Waals surface area contributed by atoms with Gasteiger partial charge < -0.3 is 5.11 Å². The maximum atomic E-state index is 11.4. The highest BCUT2D eigenvalue weighted by atomic mass is 16.4. The lowest BCUT2D eigenvalue weighted by atomic mass is 9.79. The number of hydrogen-bond donors (Lipinski definition) is 1. The normalized spacial score (nSPS) is 19.1. The van der Waals surface area contributed by atoms with Gasteiger partial charge in [0, 0.05) is 0 Å². The summed E-state index contributed by atoms with van der Waals surface area (Å²) in [5.41, 5.74) is 1.77. The van der Waals surface area contributed by atoms with Gasteiger partial charge in [-0.25, -0.2) is 0 Å². The number of aliphatic carboxylic acids is 1. The van der Waals surface area contributed by atoms with Gasteiger partial charge in [-0.15, -0.1) is 0 Å². The first-order valence-electron chi connectivity index (χ1n) is 5.81. The van der Waals surface area contributed by atoms with Gasteiger partial charge in [0.1, 0.15) is 0 Å². The second-order valence-corrected chi connectivity index (χ2v) is 5.16. The number of rotatable bonds is 4. The van der Waals surface area contributed by atoms with Crippen molar-refractivity contribution in [3.8, 4) is 0 Å². The Labute approximate surface area is 96.3 Å². The first-order valence-corrected chi connectivity index (χ1v) is 5.81. The maximum Gasteiger partial charge on any atom is 0.309 e. The van der Waals surface area contributed by atoms with Crippen LogP contribution in [0.1, 0.15) is 30.9 Å². The van der Waals surface area contributed by atoms with Crippen molar-refractivity contribution in [3.63, 3.8) is 0 Å². The molecule has 1 aliphatic carbocycles. The van der Waals surface area contributed by atoms with Crippen molar-refractivity contribution in [3.05, 3.63) is 35.4 Å². The highest BCUT2D eigenvalue weighted by Crippen LogP contribution is 2.47. The Hall–Kier alpha value is -1.31. The summed E-state index contributed by atoms with van der Waals surface area (Å²) in [6.45, 7) is 3.92. The fourth-order valence-corrected chi connectivity index (χ4v) is 2.25. The van der Waals surface area contributed by atoms with Gasteiger partial charge in [-0.05, 0) is 44.6 Å². The highest BCUT2D eigenvalue weighted by molar-refractivity contribution is 5.75. The van der Waals surface area contributed by atoms with Gasteiger partial charge in [-0.3, -0.25) is 4.79 Å². The number of carboxylic acids is 1. The van der Waals surface area contributed by atoms with E-state index in [1.165, 1.54) is 5.56 Å². The molecule has 0 heterocycles. The molecule has 0 bridgehead atoms. The lowest BCUT2D eigenvalue weighted by Crippen LogP contribution is -2.32. The van der Waals surface area contributed by atoms with E-state index in [0.29, 0.717) is 12.3 Å². The summed E-state index contributed by atoms with van der Waals surface area (Å²) >= 11 is 0. The molecular weight excluding hydrogens is 200 g/mol. The summed E-state index contributed by atoms with van der Waals surface area (Å²) in [4.78, 5) is 11.4. The Morgan fingerprint density at radius 2 is 1.94 bits per heavy atom. The van der Waals surface area contributed by atoms with Crippen LogP contribution in [0.25, 0.3) is 0 Å². The molecule has 1 fully saturated rings. The van der Waals surface area contributed by atoms with E-state index in [0.717, 1.165) is 18.4 Å². The van der Waals surface area contributed by atoms with E-state index >= 15 is 0 Å². The summed E-state index contributed by atoms with van der Waals surface area (Å²) in [5.74, 6) is -0.290. The van der Waals surface area contributed by atoms with E-state index in [4.69, 9.17) is 0 Å². The molecule has 0 spiro atoms. The third-order valence-corrected chi connectivity index (χ3v) is 3.66. The Morgan fingerprint density at radius 3 is 2.38 bits per heavy atom. The van der Waals surface area contributed by atoms with Crippen LogP contribution < -0.4 is 0 Å². The molecule has 0 aliphatic heterocycles. The van der Waals surface area contributed by atoms with Crippen molar-refractivity contribution in [2.24, 2.45) is 11.3 Å². The van der Waals surface area contributed by atoms with Crippen molar-refractivity contribution in [2.45, 2.75) is 33.1 Å². The number of carboxylic acid groups (broad SMARTS) is 1. The standard InChI is InChI=1S/C14H18O2/c1-10-3-5-11(6-4-10)9-14(2,13(15)16)12-7-8-12/h3-6,12H,7-9H2,1-2H3,(H,15,16). The molecule has 0 amide bonds. The predicted molar refractivity (Wildman–Crippen MR) is 63.3 cm³/mol. The van der Waals surface area contributed by atoms with Gasteiger partial charge in [-0.1, -0.05) is 29.8 Å². The van der Waals surface area contributed by atoms with Crippen LogP contribution in [0.2, 0.25) is 0 Å². The third kappa shape index (κ3) is 2.11. The molecule has 1 N–H and O–H groups in total. The molecule has 16 heavy (non-hydrogen) atoms. The number of aryl methyl sites for hydroxylation is 1. The summed E-state index contributed by atoms with van der Waals surface area (Å²) in [7, 11) is 0. The van der Waals surface area contributed by atoms with Crippen LogP contribution in [0.5, 0.6) is 0 Å². The molecule has 0 aromatic heterocycles. The lowest BCUT2D eigenvalue weighted by Gasteiger charge is -2.24. The Kier molecular flexibility index (Phi) is 2.75. The SMILES string of the molecule is Cc1ccc(CC(C)(C(=O)O)C2CC2)cc1. The molecule has 1 atom stereocenters. The maximum absolute atomic E-state index is 11.4. The zero-order valence-corrected chi connectivity index (χ0v) is 9.86. The van der Waals surface area contributed by atoms with Gasteiger partial charge in [0.25, 0.3) is 0 Å². The van der Waals surface area contributed by atoms with Gasteiger partial charge in [0.05, 0.1) is 5.41 Å². The van der Waals surface area contributed by atoms with Crippen LogP contribution >= 0.6 is 0 Å². The van der Waals surface area contributed by atoms with Crippen LogP contribution in [0, 0.1) is 18.3 Å². The van der Waals surface area contributed by atoms with Crippen molar-refractivity contribution >= 4 is 5.97 Å². The first-order chi connectivity index (χ1) is 7.52. The average Bonchev–Trinajstić information content (AvgIpc) is 3.04. The fourth-order valence-electron chi connectivity index (χ4n) is 2.25. The second-order valence-electron chi connectivity index (χ2n) is 5.16. The van der Waals surface area contributed by atoms with E-state index in [9.17, 15) is 9.90 Å². The van der Waals surface area contributed by atoms with Crippen molar-refractivity contribution in [1.82, 2.24) is 0 Å². The minimum atomic E-state index is -0.657. The van der Waals surface area contributed by atoms with Gasteiger partial charge in [-0.2, -0.15) is 0 Å². The predicted octanol–water partition coefficient (Wildman–Crippen LogP) is 3.04. The minimum Gasteiger partial charge on any atom is -0.481 e. The van der Waals surface area contributed by atoms with E-state index in [2.05, 4.69) is 0 Å². The van der Waals surface area contributed by atoms with Gasteiger partial charge >= 0.3 is 5.97 Å². The molecule has 2 rings (SSSR count).